The predicted molar refractivity (Wildman–Crippen MR) is 92.4 cm³/mol. The molecular weight excluding hydrogens is 303 g/mol. The largest absolute Gasteiger partial charge is 0.508 e. The molecule has 0 fully saturated rings. The van der Waals surface area contributed by atoms with Gasteiger partial charge in [0.05, 0.1) is 0 Å². The summed E-state index contributed by atoms with van der Waals surface area (Å²) in [5, 5.41) is 10.7. The van der Waals surface area contributed by atoms with Crippen molar-refractivity contribution in [3.8, 4) is 16.9 Å². The first kappa shape index (κ1) is 14.5. The number of H-pyrrole nitrogens is 1. The highest BCUT2D eigenvalue weighted by atomic mass is 19.1. The number of rotatable bonds is 3. The monoisotopic (exact) mass is 318 g/mol. The summed E-state index contributed by atoms with van der Waals surface area (Å²) in [6.45, 7) is 0. The van der Waals surface area contributed by atoms with Crippen LogP contribution >= 0.6 is 0 Å². The molecule has 0 bridgehead atoms. The van der Waals surface area contributed by atoms with Gasteiger partial charge in [-0.2, -0.15) is 0 Å². The number of phenols is 1. The minimum atomic E-state index is -0.231. The molecule has 0 radical (unpaired) electrons. The smallest absolute Gasteiger partial charge is 0.137 e. The SMILES string of the molecule is Oc1cccc(-c2cnc3[nH]cc(Cc4cccc(F)c4)c3c2)c1. The summed E-state index contributed by atoms with van der Waals surface area (Å²) in [4.78, 5) is 7.61. The first-order chi connectivity index (χ1) is 11.7. The van der Waals surface area contributed by atoms with E-state index in [0.717, 1.165) is 33.3 Å². The van der Waals surface area contributed by atoms with Gasteiger partial charge in [-0.3, -0.25) is 0 Å². The van der Waals surface area contributed by atoms with Crippen LogP contribution in [0.5, 0.6) is 5.75 Å². The minimum absolute atomic E-state index is 0.224. The van der Waals surface area contributed by atoms with Crippen molar-refractivity contribution in [1.82, 2.24) is 9.97 Å². The number of aromatic nitrogens is 2. The molecule has 0 atom stereocenters. The second-order valence-corrected chi connectivity index (χ2v) is 5.79. The maximum absolute atomic E-state index is 13.4. The molecule has 0 saturated carbocycles. The molecule has 0 spiro atoms. The Kier molecular flexibility index (Phi) is 3.50. The van der Waals surface area contributed by atoms with E-state index in [-0.39, 0.29) is 11.6 Å². The number of hydrogen-bond acceptors (Lipinski definition) is 2. The van der Waals surface area contributed by atoms with Gasteiger partial charge in [-0.05, 0) is 53.4 Å². The fraction of sp³-hybridized carbons (Fsp3) is 0.0500. The topological polar surface area (TPSA) is 48.9 Å². The molecule has 4 rings (SSSR count). The number of aromatic amines is 1. The number of halogens is 1. The van der Waals surface area contributed by atoms with E-state index in [2.05, 4.69) is 9.97 Å². The predicted octanol–water partition coefficient (Wildman–Crippen LogP) is 4.67. The average Bonchev–Trinajstić information content (AvgIpc) is 2.97. The van der Waals surface area contributed by atoms with Gasteiger partial charge in [0.2, 0.25) is 0 Å². The van der Waals surface area contributed by atoms with Crippen LogP contribution in [-0.4, -0.2) is 15.1 Å². The highest BCUT2D eigenvalue weighted by Crippen LogP contribution is 2.27. The maximum Gasteiger partial charge on any atom is 0.137 e. The molecule has 0 aliphatic carbocycles. The van der Waals surface area contributed by atoms with Gasteiger partial charge in [0.15, 0.2) is 0 Å². The number of aromatic hydroxyl groups is 1. The van der Waals surface area contributed by atoms with Crippen molar-refractivity contribution in [3.05, 3.63) is 83.9 Å². The van der Waals surface area contributed by atoms with E-state index < -0.39 is 0 Å². The van der Waals surface area contributed by atoms with Gasteiger partial charge in [-0.15, -0.1) is 0 Å². The third-order valence-electron chi connectivity index (χ3n) is 4.08. The number of nitrogens with zero attached hydrogens (tertiary/aromatic N) is 1. The summed E-state index contributed by atoms with van der Waals surface area (Å²) < 4.78 is 13.4. The lowest BCUT2D eigenvalue weighted by Gasteiger charge is -2.04. The molecule has 0 amide bonds. The molecule has 0 aliphatic rings. The van der Waals surface area contributed by atoms with Crippen molar-refractivity contribution in [3.63, 3.8) is 0 Å². The second kappa shape index (κ2) is 5.81. The second-order valence-electron chi connectivity index (χ2n) is 5.79. The zero-order chi connectivity index (χ0) is 16.5. The molecule has 24 heavy (non-hydrogen) atoms. The zero-order valence-corrected chi connectivity index (χ0v) is 12.8. The van der Waals surface area contributed by atoms with E-state index in [1.807, 2.05) is 24.4 Å². The molecule has 4 aromatic rings. The number of hydrogen-bond donors (Lipinski definition) is 2. The average molecular weight is 318 g/mol. The number of nitrogens with one attached hydrogen (secondary N) is 1. The van der Waals surface area contributed by atoms with Crippen LogP contribution in [0, 0.1) is 5.82 Å². The van der Waals surface area contributed by atoms with Crippen molar-refractivity contribution in [2.45, 2.75) is 6.42 Å². The van der Waals surface area contributed by atoms with E-state index in [9.17, 15) is 9.50 Å². The summed E-state index contributed by atoms with van der Waals surface area (Å²) in [6.07, 6.45) is 4.32. The third kappa shape index (κ3) is 2.74. The van der Waals surface area contributed by atoms with Crippen molar-refractivity contribution >= 4 is 11.0 Å². The summed E-state index contributed by atoms with van der Waals surface area (Å²) >= 11 is 0. The zero-order valence-electron chi connectivity index (χ0n) is 12.8. The van der Waals surface area contributed by atoms with Crippen molar-refractivity contribution < 1.29 is 9.50 Å². The lowest BCUT2D eigenvalue weighted by Crippen LogP contribution is -1.88. The Morgan fingerprint density at radius 1 is 1.00 bits per heavy atom. The number of fused-ring (bicyclic) bond motifs is 1. The molecular formula is C20H15FN2O. The van der Waals surface area contributed by atoms with Crippen LogP contribution in [-0.2, 0) is 6.42 Å². The van der Waals surface area contributed by atoms with Crippen LogP contribution < -0.4 is 0 Å². The van der Waals surface area contributed by atoms with E-state index in [0.29, 0.717) is 6.42 Å². The molecule has 3 nitrogen and oxygen atoms in total. The maximum atomic E-state index is 13.4. The molecule has 118 valence electrons. The van der Waals surface area contributed by atoms with Gasteiger partial charge in [0, 0.05) is 23.3 Å². The van der Waals surface area contributed by atoms with Crippen molar-refractivity contribution in [1.29, 1.82) is 0 Å². The highest BCUT2D eigenvalue weighted by molar-refractivity contribution is 5.85. The summed E-state index contributed by atoms with van der Waals surface area (Å²) in [5.74, 6) is -0.00688. The molecule has 0 aliphatic heterocycles. The van der Waals surface area contributed by atoms with E-state index >= 15 is 0 Å². The summed E-state index contributed by atoms with van der Waals surface area (Å²) in [7, 11) is 0. The van der Waals surface area contributed by atoms with Crippen LogP contribution in [0.4, 0.5) is 4.39 Å². The van der Waals surface area contributed by atoms with Crippen LogP contribution in [0.3, 0.4) is 0 Å². The van der Waals surface area contributed by atoms with E-state index in [1.54, 1.807) is 36.5 Å². The Morgan fingerprint density at radius 3 is 2.71 bits per heavy atom. The Hall–Kier alpha value is -3.14. The number of benzene rings is 2. The number of phenolic OH excluding ortho intramolecular Hbond substituents is 1. The Labute approximate surface area is 138 Å². The first-order valence-corrected chi connectivity index (χ1v) is 7.69. The van der Waals surface area contributed by atoms with Gasteiger partial charge in [0.1, 0.15) is 17.2 Å². The highest BCUT2D eigenvalue weighted by Gasteiger charge is 2.09. The lowest BCUT2D eigenvalue weighted by atomic mass is 10.0. The fourth-order valence-electron chi connectivity index (χ4n) is 2.91. The molecule has 4 heteroatoms. The summed E-state index contributed by atoms with van der Waals surface area (Å²) in [5.41, 5.74) is 4.61. The third-order valence-corrected chi connectivity index (χ3v) is 4.08. The van der Waals surface area contributed by atoms with Gasteiger partial charge in [0.25, 0.3) is 0 Å². The van der Waals surface area contributed by atoms with E-state index in [1.165, 1.54) is 6.07 Å². The Bertz CT molecular complexity index is 1020. The fourth-order valence-corrected chi connectivity index (χ4v) is 2.91. The van der Waals surface area contributed by atoms with Crippen LogP contribution in [0.2, 0.25) is 0 Å². The van der Waals surface area contributed by atoms with Gasteiger partial charge in [-0.25, -0.2) is 9.37 Å². The quantitative estimate of drug-likeness (QED) is 0.577. The van der Waals surface area contributed by atoms with Crippen LogP contribution in [0.1, 0.15) is 11.1 Å². The summed E-state index contributed by atoms with van der Waals surface area (Å²) in [6, 6.07) is 15.8. The van der Waals surface area contributed by atoms with Crippen LogP contribution in [0.15, 0.2) is 67.0 Å². The van der Waals surface area contributed by atoms with Crippen molar-refractivity contribution in [2.24, 2.45) is 0 Å². The Balaban J connectivity index is 1.76. The molecule has 2 N–H and O–H groups in total. The van der Waals surface area contributed by atoms with Gasteiger partial charge in [-0.1, -0.05) is 24.3 Å². The normalized spacial score (nSPS) is 11.0. The molecule has 2 heterocycles. The molecule has 0 unspecified atom stereocenters. The molecule has 2 aromatic carbocycles. The number of pyridine rings is 1. The lowest BCUT2D eigenvalue weighted by molar-refractivity contribution is 0.475. The van der Waals surface area contributed by atoms with Gasteiger partial charge < -0.3 is 10.1 Å². The standard InChI is InChI=1S/C20H15FN2O/c21-17-5-1-3-13(8-17)7-16-12-23-20-19(16)10-15(11-22-20)14-4-2-6-18(24)9-14/h1-6,8-12,24H,7H2,(H,22,23). The van der Waals surface area contributed by atoms with Crippen molar-refractivity contribution in [2.75, 3.05) is 0 Å². The molecule has 2 aromatic heterocycles. The molecule has 0 saturated heterocycles. The Morgan fingerprint density at radius 2 is 1.88 bits per heavy atom. The van der Waals surface area contributed by atoms with Gasteiger partial charge >= 0.3 is 0 Å². The minimum Gasteiger partial charge on any atom is -0.508 e. The van der Waals surface area contributed by atoms with Crippen LogP contribution in [0.25, 0.3) is 22.2 Å². The first-order valence-electron chi connectivity index (χ1n) is 7.69. The van der Waals surface area contributed by atoms with E-state index in [4.69, 9.17) is 0 Å².